The molecule has 150 valence electrons. The molecule has 0 spiro atoms. The van der Waals surface area contributed by atoms with E-state index in [4.69, 9.17) is 25.8 Å². The van der Waals surface area contributed by atoms with Crippen molar-refractivity contribution in [1.82, 2.24) is 0 Å². The molecule has 1 heterocycles. The summed E-state index contributed by atoms with van der Waals surface area (Å²) in [5.74, 6) is 1.38. The molecule has 1 aliphatic heterocycles. The number of carbonyl (C=O) groups is 1. The molecule has 0 N–H and O–H groups in total. The fraction of sp³-hybridized carbons (Fsp3) is 0.292. The standard InChI is InChI=1S/C24H23ClO4/c1-16-14-22(29-23-8-4-5-13-27-23)19-6-2-3-7-20(19)24(16)28-15-21(26)17-9-11-18(25)12-10-17/h2-3,6-7,9-12,14,23H,4-5,8,13,15H2,1H3. The molecule has 4 nitrogen and oxygen atoms in total. The zero-order valence-electron chi connectivity index (χ0n) is 16.3. The summed E-state index contributed by atoms with van der Waals surface area (Å²) >= 11 is 5.90. The van der Waals surface area contributed by atoms with Crippen LogP contribution in [0, 0.1) is 6.92 Å². The predicted molar refractivity (Wildman–Crippen MR) is 114 cm³/mol. The van der Waals surface area contributed by atoms with Gasteiger partial charge in [0.25, 0.3) is 0 Å². The number of ketones is 1. The molecular formula is C24H23ClO4. The summed E-state index contributed by atoms with van der Waals surface area (Å²) in [6.45, 7) is 2.65. The number of fused-ring (bicyclic) bond motifs is 1. The minimum Gasteiger partial charge on any atom is -0.485 e. The number of carbonyl (C=O) groups excluding carboxylic acids is 1. The van der Waals surface area contributed by atoms with E-state index < -0.39 is 0 Å². The first kappa shape index (κ1) is 19.7. The molecule has 1 saturated heterocycles. The fourth-order valence-corrected chi connectivity index (χ4v) is 3.67. The van der Waals surface area contributed by atoms with Gasteiger partial charge in [-0.3, -0.25) is 4.79 Å². The van der Waals surface area contributed by atoms with E-state index in [1.165, 1.54) is 0 Å². The van der Waals surface area contributed by atoms with Crippen LogP contribution in [0.15, 0.2) is 54.6 Å². The van der Waals surface area contributed by atoms with Crippen LogP contribution >= 0.6 is 11.6 Å². The van der Waals surface area contributed by atoms with Crippen LogP contribution in [0.4, 0.5) is 0 Å². The number of ether oxygens (including phenoxy) is 3. The Bertz CT molecular complexity index is 1010. The molecule has 29 heavy (non-hydrogen) atoms. The summed E-state index contributed by atoms with van der Waals surface area (Å²) in [4.78, 5) is 12.5. The highest BCUT2D eigenvalue weighted by Gasteiger charge is 2.19. The molecule has 1 aliphatic rings. The van der Waals surface area contributed by atoms with Gasteiger partial charge in [-0.2, -0.15) is 0 Å². The van der Waals surface area contributed by atoms with Crippen molar-refractivity contribution in [2.24, 2.45) is 0 Å². The zero-order valence-corrected chi connectivity index (χ0v) is 17.1. The molecule has 3 aromatic carbocycles. The summed E-state index contributed by atoms with van der Waals surface area (Å²) in [5, 5.41) is 2.46. The van der Waals surface area contributed by atoms with Gasteiger partial charge in [0.1, 0.15) is 11.5 Å². The molecule has 1 unspecified atom stereocenters. The smallest absolute Gasteiger partial charge is 0.200 e. The summed E-state index contributed by atoms with van der Waals surface area (Å²) in [5.41, 5.74) is 1.49. The van der Waals surface area contributed by atoms with E-state index in [1.807, 2.05) is 37.3 Å². The van der Waals surface area contributed by atoms with Gasteiger partial charge in [0.2, 0.25) is 0 Å². The molecule has 5 heteroatoms. The third-order valence-corrected chi connectivity index (χ3v) is 5.31. The molecule has 4 rings (SSSR count). The van der Waals surface area contributed by atoms with E-state index in [1.54, 1.807) is 24.3 Å². The van der Waals surface area contributed by atoms with Crippen LogP contribution in [-0.2, 0) is 4.74 Å². The Balaban J connectivity index is 1.58. The Morgan fingerprint density at radius 3 is 2.59 bits per heavy atom. The first-order valence-corrected chi connectivity index (χ1v) is 10.2. The van der Waals surface area contributed by atoms with Crippen LogP contribution in [-0.4, -0.2) is 25.3 Å². The van der Waals surface area contributed by atoms with Crippen molar-refractivity contribution in [2.75, 3.05) is 13.2 Å². The van der Waals surface area contributed by atoms with Crippen molar-refractivity contribution in [1.29, 1.82) is 0 Å². The zero-order chi connectivity index (χ0) is 20.2. The lowest BCUT2D eigenvalue weighted by molar-refractivity contribution is -0.105. The minimum absolute atomic E-state index is 0.0432. The van der Waals surface area contributed by atoms with Gasteiger partial charge in [-0.25, -0.2) is 0 Å². The summed E-state index contributed by atoms with van der Waals surface area (Å²) in [6.07, 6.45) is 2.86. The van der Waals surface area contributed by atoms with E-state index in [0.717, 1.165) is 48.0 Å². The molecule has 3 aromatic rings. The topological polar surface area (TPSA) is 44.8 Å². The van der Waals surface area contributed by atoms with Crippen molar-refractivity contribution >= 4 is 28.2 Å². The highest BCUT2D eigenvalue weighted by Crippen LogP contribution is 2.37. The highest BCUT2D eigenvalue weighted by molar-refractivity contribution is 6.30. The molecule has 0 bridgehead atoms. The maximum Gasteiger partial charge on any atom is 0.200 e. The van der Waals surface area contributed by atoms with E-state index in [0.29, 0.717) is 16.3 Å². The second kappa shape index (κ2) is 8.85. The molecule has 0 aliphatic carbocycles. The van der Waals surface area contributed by atoms with Gasteiger partial charge in [-0.1, -0.05) is 35.9 Å². The quantitative estimate of drug-likeness (QED) is 0.469. The van der Waals surface area contributed by atoms with Crippen molar-refractivity contribution in [3.63, 3.8) is 0 Å². The van der Waals surface area contributed by atoms with Gasteiger partial charge in [-0.05, 0) is 55.7 Å². The maximum atomic E-state index is 12.5. The van der Waals surface area contributed by atoms with E-state index in [-0.39, 0.29) is 18.7 Å². The Hall–Kier alpha value is -2.56. The molecule has 0 aromatic heterocycles. The van der Waals surface area contributed by atoms with E-state index >= 15 is 0 Å². The third kappa shape index (κ3) is 4.55. The largest absolute Gasteiger partial charge is 0.485 e. The number of aryl methyl sites for hydroxylation is 1. The molecule has 0 saturated carbocycles. The maximum absolute atomic E-state index is 12.5. The van der Waals surface area contributed by atoms with Crippen LogP contribution < -0.4 is 9.47 Å². The molecule has 1 atom stereocenters. The molecule has 0 amide bonds. The van der Waals surface area contributed by atoms with Crippen LogP contribution in [0.1, 0.15) is 35.2 Å². The number of benzene rings is 3. The highest BCUT2D eigenvalue weighted by atomic mass is 35.5. The van der Waals surface area contributed by atoms with Crippen LogP contribution in [0.5, 0.6) is 11.5 Å². The van der Waals surface area contributed by atoms with E-state index in [9.17, 15) is 4.79 Å². The molecular weight excluding hydrogens is 388 g/mol. The van der Waals surface area contributed by atoms with Crippen LogP contribution in [0.25, 0.3) is 10.8 Å². The average Bonchev–Trinajstić information content (AvgIpc) is 2.74. The SMILES string of the molecule is Cc1cc(OC2CCCCO2)c2ccccc2c1OCC(=O)c1ccc(Cl)cc1. The summed E-state index contributed by atoms with van der Waals surface area (Å²) in [7, 11) is 0. The van der Waals surface area contributed by atoms with Crippen LogP contribution in [0.2, 0.25) is 5.02 Å². The second-order valence-electron chi connectivity index (χ2n) is 7.20. The first-order chi connectivity index (χ1) is 14.1. The fourth-order valence-electron chi connectivity index (χ4n) is 3.54. The van der Waals surface area contributed by atoms with Gasteiger partial charge >= 0.3 is 0 Å². The molecule has 0 radical (unpaired) electrons. The number of hydrogen-bond acceptors (Lipinski definition) is 4. The average molecular weight is 411 g/mol. The lowest BCUT2D eigenvalue weighted by Crippen LogP contribution is -2.25. The van der Waals surface area contributed by atoms with Gasteiger partial charge < -0.3 is 14.2 Å². The second-order valence-corrected chi connectivity index (χ2v) is 7.64. The van der Waals surface area contributed by atoms with E-state index in [2.05, 4.69) is 0 Å². The Morgan fingerprint density at radius 1 is 1.10 bits per heavy atom. The predicted octanol–water partition coefficient (Wildman–Crippen LogP) is 5.97. The first-order valence-electron chi connectivity index (χ1n) is 9.84. The van der Waals surface area contributed by atoms with Crippen LogP contribution in [0.3, 0.4) is 0 Å². The van der Waals surface area contributed by atoms with Crippen molar-refractivity contribution in [3.05, 3.63) is 70.7 Å². The lowest BCUT2D eigenvalue weighted by Gasteiger charge is -2.25. The summed E-state index contributed by atoms with van der Waals surface area (Å²) in [6, 6.07) is 16.7. The Labute approximate surface area is 175 Å². The number of Topliss-reactive ketones (excluding diaryl/α,β-unsaturated/α-hetero) is 1. The number of halogens is 1. The minimum atomic E-state index is -0.218. The van der Waals surface area contributed by atoms with Gasteiger partial charge in [0.05, 0.1) is 6.61 Å². The number of hydrogen-bond donors (Lipinski definition) is 0. The monoisotopic (exact) mass is 410 g/mol. The van der Waals surface area contributed by atoms with Crippen molar-refractivity contribution in [2.45, 2.75) is 32.5 Å². The normalized spacial score (nSPS) is 16.6. The Kier molecular flexibility index (Phi) is 6.02. The summed E-state index contributed by atoms with van der Waals surface area (Å²) < 4.78 is 17.9. The van der Waals surface area contributed by atoms with Gasteiger partial charge in [0.15, 0.2) is 18.7 Å². The van der Waals surface area contributed by atoms with Gasteiger partial charge in [0, 0.05) is 27.8 Å². The lowest BCUT2D eigenvalue weighted by atomic mass is 10.0. The van der Waals surface area contributed by atoms with Crippen molar-refractivity contribution < 1.29 is 19.0 Å². The molecule has 1 fully saturated rings. The third-order valence-electron chi connectivity index (χ3n) is 5.05. The number of rotatable bonds is 6. The van der Waals surface area contributed by atoms with Crippen molar-refractivity contribution in [3.8, 4) is 11.5 Å². The van der Waals surface area contributed by atoms with Gasteiger partial charge in [-0.15, -0.1) is 0 Å². The Morgan fingerprint density at radius 2 is 1.86 bits per heavy atom.